The zero-order valence-corrected chi connectivity index (χ0v) is 22.4. The molecule has 0 bridgehead atoms. The van der Waals surface area contributed by atoms with Crippen LogP contribution in [0, 0.1) is 27.2 Å². The molecular formula is C20H22B2Co2O2Zr2-4. The standard InChI is InChI=1S/C8H8O.C8H6O.2C2H4B.2Co.2Zr/c2*1-2-4-8-7(3-1)5-6-9-8;2*1-3-2;;;;/h1-4H,5-6H2;1-6H;2*1-2H2;;;;/q;;2*-2;;;;/i;;2*1T;;;;. The van der Waals surface area contributed by atoms with Gasteiger partial charge >= 0.3 is 0 Å². The predicted octanol–water partition coefficient (Wildman–Crippen LogP) is 4.59. The first-order valence-corrected chi connectivity index (χ1v) is 7.55. The number of fused-ring (bicyclic) bond motifs is 2. The third kappa shape index (κ3) is 14.6. The zero-order valence-electron chi connectivity index (χ0n) is 17.4. The topological polar surface area (TPSA) is 22.4 Å². The molecule has 4 radical (unpaired) electrons. The second-order valence-corrected chi connectivity index (χ2v) is 4.64. The Balaban J connectivity index is -0.000000154. The van der Waals surface area contributed by atoms with E-state index in [0.29, 0.717) is 0 Å². The molecule has 1 aliphatic rings. The molecule has 2 aromatic carbocycles. The summed E-state index contributed by atoms with van der Waals surface area (Å²) in [4.78, 5) is 0. The molecule has 0 amide bonds. The van der Waals surface area contributed by atoms with Crippen LogP contribution >= 0.6 is 0 Å². The van der Waals surface area contributed by atoms with Gasteiger partial charge in [0, 0.05) is 97.8 Å². The first-order chi connectivity index (χ1) is 12.8. The normalized spacial score (nSPS) is 9.93. The summed E-state index contributed by atoms with van der Waals surface area (Å²) in [6.07, 6.45) is 2.78. The average molecular weight is 620 g/mol. The van der Waals surface area contributed by atoms with Gasteiger partial charge in [-0.2, -0.15) is 0 Å². The number of furan rings is 1. The van der Waals surface area contributed by atoms with Crippen LogP contribution in [0.4, 0.5) is 0 Å². The van der Waals surface area contributed by atoms with Gasteiger partial charge in [0.2, 0.25) is 0 Å². The maximum absolute atomic E-state index is 6.21. The summed E-state index contributed by atoms with van der Waals surface area (Å²) < 4.78 is 22.8. The van der Waals surface area contributed by atoms with Crippen molar-refractivity contribution in [3.8, 4) is 5.75 Å². The summed E-state index contributed by atoms with van der Waals surface area (Å²) in [6, 6.07) is 18.1. The predicted molar refractivity (Wildman–Crippen MR) is 105 cm³/mol. The number of benzene rings is 2. The van der Waals surface area contributed by atoms with E-state index in [1.54, 1.807) is 6.26 Å². The van der Waals surface area contributed by atoms with Crippen molar-refractivity contribution >= 4 is 25.5 Å². The van der Waals surface area contributed by atoms with Gasteiger partial charge in [-0.05, 0) is 23.8 Å². The molecule has 2 nitrogen and oxygen atoms in total. The molecule has 0 unspecified atom stereocenters. The summed E-state index contributed by atoms with van der Waals surface area (Å²) in [6.45, 7) is 9.61. The quantitative estimate of drug-likeness (QED) is 0.309. The van der Waals surface area contributed by atoms with E-state index in [1.807, 2.05) is 48.5 Å². The van der Waals surface area contributed by atoms with Crippen LogP contribution in [0.5, 0.6) is 5.75 Å². The van der Waals surface area contributed by atoms with Crippen LogP contribution in [-0.4, -0.2) is 21.2 Å². The second kappa shape index (κ2) is 24.0. The number of hydrogen-bond donors (Lipinski definition) is 0. The number of rotatable bonds is 2. The molecule has 0 saturated carbocycles. The van der Waals surface area contributed by atoms with Gasteiger partial charge in [0.15, 0.2) is 0 Å². The summed E-state index contributed by atoms with van der Waals surface area (Å²) in [7, 11) is 2.83. The van der Waals surface area contributed by atoms with Crippen LogP contribution < -0.4 is 4.74 Å². The monoisotopic (exact) mass is 618 g/mol. The van der Waals surface area contributed by atoms with Crippen molar-refractivity contribution in [3.05, 3.63) is 93.7 Å². The molecular weight excluding hydrogens is 594 g/mol. The molecule has 1 aromatic heterocycles. The minimum absolute atomic E-state index is 0. The van der Waals surface area contributed by atoms with Crippen LogP contribution in [0.15, 0.2) is 65.3 Å². The molecule has 0 fully saturated rings. The van der Waals surface area contributed by atoms with Crippen molar-refractivity contribution in [2.24, 2.45) is 0 Å². The van der Waals surface area contributed by atoms with Crippen molar-refractivity contribution in [1.29, 1.82) is 0 Å². The fourth-order valence-electron chi connectivity index (χ4n) is 2.03. The van der Waals surface area contributed by atoms with Crippen molar-refractivity contribution < 1.29 is 97.9 Å². The Labute approximate surface area is 233 Å². The van der Waals surface area contributed by atoms with Gasteiger partial charge in [-0.25, -0.2) is 2.74 Å². The van der Waals surface area contributed by atoms with Crippen LogP contribution in [-0.2, 0) is 92.4 Å². The van der Waals surface area contributed by atoms with E-state index in [2.05, 4.69) is 19.7 Å². The van der Waals surface area contributed by atoms with Gasteiger partial charge in [0.25, 0.3) is 0 Å². The maximum Gasteiger partial charge on any atom is 0.133 e. The van der Waals surface area contributed by atoms with Crippen molar-refractivity contribution in [2.45, 2.75) is 6.42 Å². The Bertz CT molecular complexity index is 679. The molecule has 8 heteroatoms. The maximum atomic E-state index is 6.21. The van der Waals surface area contributed by atoms with E-state index < -0.39 is 0 Å². The van der Waals surface area contributed by atoms with Crippen molar-refractivity contribution in [2.75, 3.05) is 6.61 Å². The van der Waals surface area contributed by atoms with E-state index in [1.165, 1.54) is 20.1 Å². The molecule has 1 aliphatic heterocycles. The first kappa shape index (κ1) is 30.9. The Kier molecular flexibility index (Phi) is 26.4. The van der Waals surface area contributed by atoms with Crippen LogP contribution in [0.3, 0.4) is 0 Å². The molecule has 0 spiro atoms. The zero-order chi connectivity index (χ0) is 19.0. The average Bonchev–Trinajstić information content (AvgIpc) is 3.37. The SMILES string of the molecule is [3H][CH-][B][CH2-].[3H][CH-][B][CH2-].[Co].[Co].[Zr].[Zr].c1ccc2c(c1)CCO2.c1ccc2occc2c1. The largest absolute Gasteiger partial charge is 0.493 e. The number of para-hydroxylation sites is 2. The van der Waals surface area contributed by atoms with E-state index >= 15 is 0 Å². The molecule has 0 saturated heterocycles. The fraction of sp³-hybridized carbons (Fsp3) is 0.100. The van der Waals surface area contributed by atoms with Crippen molar-refractivity contribution in [3.63, 3.8) is 0 Å². The molecule has 0 N–H and O–H groups in total. The van der Waals surface area contributed by atoms with Gasteiger partial charge in [-0.3, -0.25) is 0 Å². The van der Waals surface area contributed by atoms with Crippen LogP contribution in [0.25, 0.3) is 11.0 Å². The van der Waals surface area contributed by atoms with E-state index in [9.17, 15) is 0 Å². The summed E-state index contributed by atoms with van der Waals surface area (Å²) >= 11 is 0. The van der Waals surface area contributed by atoms with Crippen molar-refractivity contribution in [1.82, 2.24) is 0 Å². The van der Waals surface area contributed by atoms with Gasteiger partial charge in [0.1, 0.15) is 11.3 Å². The third-order valence-electron chi connectivity index (χ3n) is 2.96. The van der Waals surface area contributed by atoms with Gasteiger partial charge < -0.3 is 51.0 Å². The molecule has 28 heavy (non-hydrogen) atoms. The minimum atomic E-state index is 0. The van der Waals surface area contributed by atoms with E-state index in [0.717, 1.165) is 43.3 Å². The smallest absolute Gasteiger partial charge is 0.133 e. The molecule has 0 atom stereocenters. The van der Waals surface area contributed by atoms with E-state index in [4.69, 9.17) is 11.9 Å². The molecule has 150 valence electrons. The Hall–Kier alpha value is 0.689. The fourth-order valence-corrected chi connectivity index (χ4v) is 2.03. The Morgan fingerprint density at radius 2 is 1.43 bits per heavy atom. The Morgan fingerprint density at radius 3 is 2.00 bits per heavy atom. The van der Waals surface area contributed by atoms with Crippen LogP contribution in [0.1, 0.15) is 8.30 Å². The number of hydrogen-bond acceptors (Lipinski definition) is 2. The molecule has 4 rings (SSSR count). The molecule has 3 aromatic rings. The third-order valence-corrected chi connectivity index (χ3v) is 2.96. The van der Waals surface area contributed by atoms with Crippen LogP contribution in [0.2, 0.25) is 0 Å². The van der Waals surface area contributed by atoms with Gasteiger partial charge in [-0.1, -0.05) is 36.4 Å². The second-order valence-electron chi connectivity index (χ2n) is 4.64. The van der Waals surface area contributed by atoms with Gasteiger partial charge in [-0.15, -0.1) is 0 Å². The summed E-state index contributed by atoms with van der Waals surface area (Å²) in [5.74, 6) is 1.07. The molecule has 0 aliphatic carbocycles. The number of ether oxygens (including phenoxy) is 1. The van der Waals surface area contributed by atoms with Gasteiger partial charge in [0.05, 0.1) is 12.9 Å². The van der Waals surface area contributed by atoms with E-state index in [-0.39, 0.29) is 86.0 Å². The first-order valence-electron chi connectivity index (χ1n) is 8.70. The summed E-state index contributed by atoms with van der Waals surface area (Å²) in [5, 5.41) is 1.16. The molecule has 2 heterocycles. The summed E-state index contributed by atoms with van der Waals surface area (Å²) in [5.41, 5.74) is 2.30. The minimum Gasteiger partial charge on any atom is -0.493 e. The Morgan fingerprint density at radius 1 is 0.857 bits per heavy atom.